The Morgan fingerprint density at radius 1 is 1.15 bits per heavy atom. The summed E-state index contributed by atoms with van der Waals surface area (Å²) in [7, 11) is 0. The Morgan fingerprint density at radius 3 is 2.62 bits per heavy atom. The third-order valence-electron chi connectivity index (χ3n) is 5.20. The predicted octanol–water partition coefficient (Wildman–Crippen LogP) is 4.18. The van der Waals surface area contributed by atoms with Gasteiger partial charge < -0.3 is 10.2 Å². The molecule has 4 rings (SSSR count). The number of hydrogen-bond acceptors (Lipinski definition) is 2. The number of benzene rings is 2. The molecule has 2 aromatic carbocycles. The van der Waals surface area contributed by atoms with E-state index in [4.69, 9.17) is 11.6 Å². The van der Waals surface area contributed by atoms with Gasteiger partial charge in [0.2, 0.25) is 5.91 Å². The monoisotopic (exact) mass is 394 g/mol. The highest BCUT2D eigenvalue weighted by Crippen LogP contribution is 2.49. The SMILES string of the molecule is Cl.O=C(C1CC1c1ccc(F)cc1)N1CCNCC1c1ccccc1Cl. The number of hydrogen-bond donors (Lipinski definition) is 1. The van der Waals surface area contributed by atoms with Crippen LogP contribution in [-0.4, -0.2) is 30.4 Å². The maximum atomic E-state index is 13.1. The van der Waals surface area contributed by atoms with Gasteiger partial charge in [-0.25, -0.2) is 4.39 Å². The Morgan fingerprint density at radius 2 is 1.88 bits per heavy atom. The number of carbonyl (C=O) groups excluding carboxylic acids is 1. The highest BCUT2D eigenvalue weighted by Gasteiger charge is 2.47. The predicted molar refractivity (Wildman–Crippen MR) is 103 cm³/mol. The summed E-state index contributed by atoms with van der Waals surface area (Å²) in [6, 6.07) is 14.2. The van der Waals surface area contributed by atoms with Gasteiger partial charge in [-0.2, -0.15) is 0 Å². The number of carbonyl (C=O) groups is 1. The second-order valence-electron chi connectivity index (χ2n) is 6.77. The molecule has 1 heterocycles. The van der Waals surface area contributed by atoms with Crippen LogP contribution in [0.5, 0.6) is 0 Å². The number of piperazine rings is 1. The summed E-state index contributed by atoms with van der Waals surface area (Å²) >= 11 is 6.36. The standard InChI is InChI=1S/C20H20ClFN2O.ClH/c21-18-4-2-1-3-15(18)19-12-23-9-10-24(19)20(25)17-11-16(17)13-5-7-14(22)8-6-13;/h1-8,16-17,19,23H,9-12H2;1H. The van der Waals surface area contributed by atoms with Gasteiger partial charge in [0.1, 0.15) is 5.82 Å². The summed E-state index contributed by atoms with van der Waals surface area (Å²) in [5.41, 5.74) is 2.04. The summed E-state index contributed by atoms with van der Waals surface area (Å²) in [6.45, 7) is 2.19. The van der Waals surface area contributed by atoms with Gasteiger partial charge >= 0.3 is 0 Å². The van der Waals surface area contributed by atoms with Crippen molar-refractivity contribution in [2.75, 3.05) is 19.6 Å². The van der Waals surface area contributed by atoms with Crippen molar-refractivity contribution in [1.29, 1.82) is 0 Å². The molecule has 3 nitrogen and oxygen atoms in total. The van der Waals surface area contributed by atoms with Gasteiger partial charge in [0.25, 0.3) is 0 Å². The minimum absolute atomic E-state index is 0. The molecular weight excluding hydrogens is 374 g/mol. The zero-order valence-electron chi connectivity index (χ0n) is 14.2. The largest absolute Gasteiger partial charge is 0.333 e. The maximum Gasteiger partial charge on any atom is 0.226 e. The second kappa shape index (κ2) is 7.95. The quantitative estimate of drug-likeness (QED) is 0.846. The van der Waals surface area contributed by atoms with E-state index in [1.165, 1.54) is 12.1 Å². The van der Waals surface area contributed by atoms with Crippen LogP contribution >= 0.6 is 24.0 Å². The molecule has 0 aromatic heterocycles. The number of nitrogens with zero attached hydrogens (tertiary/aromatic N) is 1. The Hall–Kier alpha value is -1.62. The van der Waals surface area contributed by atoms with E-state index in [1.807, 2.05) is 29.2 Å². The molecule has 0 bridgehead atoms. The summed E-state index contributed by atoms with van der Waals surface area (Å²) in [4.78, 5) is 15.1. The van der Waals surface area contributed by atoms with Crippen LogP contribution < -0.4 is 5.32 Å². The third kappa shape index (κ3) is 3.73. The molecule has 1 amide bonds. The molecule has 3 atom stereocenters. The molecule has 1 saturated carbocycles. The topological polar surface area (TPSA) is 32.3 Å². The first-order chi connectivity index (χ1) is 12.1. The van der Waals surface area contributed by atoms with E-state index in [2.05, 4.69) is 5.32 Å². The fourth-order valence-electron chi connectivity index (χ4n) is 3.75. The molecule has 26 heavy (non-hydrogen) atoms. The van der Waals surface area contributed by atoms with Crippen molar-refractivity contribution in [3.05, 3.63) is 70.5 Å². The molecule has 0 spiro atoms. The molecule has 138 valence electrons. The van der Waals surface area contributed by atoms with Crippen LogP contribution in [0.15, 0.2) is 48.5 Å². The van der Waals surface area contributed by atoms with E-state index in [-0.39, 0.29) is 42.0 Å². The molecule has 1 N–H and O–H groups in total. The van der Waals surface area contributed by atoms with E-state index >= 15 is 0 Å². The lowest BCUT2D eigenvalue weighted by molar-refractivity contribution is -0.136. The minimum atomic E-state index is -0.242. The van der Waals surface area contributed by atoms with Crippen molar-refractivity contribution in [3.8, 4) is 0 Å². The van der Waals surface area contributed by atoms with E-state index < -0.39 is 0 Å². The van der Waals surface area contributed by atoms with Crippen molar-refractivity contribution in [1.82, 2.24) is 10.2 Å². The summed E-state index contributed by atoms with van der Waals surface area (Å²) in [5, 5.41) is 4.05. The molecule has 3 unspecified atom stereocenters. The van der Waals surface area contributed by atoms with Crippen LogP contribution in [0.25, 0.3) is 0 Å². The Kier molecular flexibility index (Phi) is 5.86. The number of amides is 1. The van der Waals surface area contributed by atoms with Crippen molar-refractivity contribution in [2.24, 2.45) is 5.92 Å². The number of nitrogens with one attached hydrogen (secondary N) is 1. The number of halogens is 3. The minimum Gasteiger partial charge on any atom is -0.333 e. The fourth-order valence-corrected chi connectivity index (χ4v) is 4.01. The Bertz CT molecular complexity index is 784. The molecule has 2 aromatic rings. The molecule has 0 radical (unpaired) electrons. The van der Waals surface area contributed by atoms with Gasteiger partial charge in [-0.05, 0) is 41.7 Å². The molecule has 2 aliphatic rings. The van der Waals surface area contributed by atoms with Crippen LogP contribution in [0.4, 0.5) is 4.39 Å². The van der Waals surface area contributed by atoms with Crippen LogP contribution in [0.2, 0.25) is 5.02 Å². The van der Waals surface area contributed by atoms with Crippen molar-refractivity contribution in [2.45, 2.75) is 18.4 Å². The van der Waals surface area contributed by atoms with E-state index in [1.54, 1.807) is 12.1 Å². The second-order valence-corrected chi connectivity index (χ2v) is 7.18. The van der Waals surface area contributed by atoms with Gasteiger partial charge in [0, 0.05) is 30.6 Å². The average molecular weight is 395 g/mol. The Labute approximate surface area is 163 Å². The van der Waals surface area contributed by atoms with Crippen molar-refractivity contribution in [3.63, 3.8) is 0 Å². The average Bonchev–Trinajstić information content (AvgIpc) is 3.43. The molecule has 2 fully saturated rings. The van der Waals surface area contributed by atoms with Crippen LogP contribution in [-0.2, 0) is 4.79 Å². The molecule has 6 heteroatoms. The van der Waals surface area contributed by atoms with E-state index in [9.17, 15) is 9.18 Å². The normalized spacial score (nSPS) is 24.7. The zero-order valence-corrected chi connectivity index (χ0v) is 15.8. The lowest BCUT2D eigenvalue weighted by atomic mass is 10.0. The lowest BCUT2D eigenvalue weighted by Crippen LogP contribution is -2.49. The third-order valence-corrected chi connectivity index (χ3v) is 5.54. The molecule has 1 saturated heterocycles. The van der Waals surface area contributed by atoms with E-state index in [0.29, 0.717) is 18.1 Å². The smallest absolute Gasteiger partial charge is 0.226 e. The summed E-state index contributed by atoms with van der Waals surface area (Å²) < 4.78 is 13.1. The highest BCUT2D eigenvalue weighted by atomic mass is 35.5. The number of rotatable bonds is 3. The zero-order chi connectivity index (χ0) is 17.4. The van der Waals surface area contributed by atoms with Gasteiger partial charge in [-0.15, -0.1) is 12.4 Å². The highest BCUT2D eigenvalue weighted by molar-refractivity contribution is 6.31. The van der Waals surface area contributed by atoms with Gasteiger partial charge in [-0.3, -0.25) is 4.79 Å². The van der Waals surface area contributed by atoms with Gasteiger partial charge in [0.15, 0.2) is 0 Å². The summed E-state index contributed by atoms with van der Waals surface area (Å²) in [5.74, 6) is 0.136. The molecular formula is C20H21Cl2FN2O. The van der Waals surface area contributed by atoms with Crippen LogP contribution in [0, 0.1) is 11.7 Å². The first-order valence-electron chi connectivity index (χ1n) is 8.66. The summed E-state index contributed by atoms with van der Waals surface area (Å²) in [6.07, 6.45) is 0.837. The van der Waals surface area contributed by atoms with Gasteiger partial charge in [-0.1, -0.05) is 41.9 Å². The van der Waals surface area contributed by atoms with Crippen LogP contribution in [0.1, 0.15) is 29.5 Å². The molecule has 1 aliphatic carbocycles. The Balaban J connectivity index is 0.00000196. The van der Waals surface area contributed by atoms with E-state index in [0.717, 1.165) is 24.1 Å². The van der Waals surface area contributed by atoms with Gasteiger partial charge in [0.05, 0.1) is 6.04 Å². The van der Waals surface area contributed by atoms with Crippen molar-refractivity contribution < 1.29 is 9.18 Å². The first kappa shape index (κ1) is 19.2. The fraction of sp³-hybridized carbons (Fsp3) is 0.350. The van der Waals surface area contributed by atoms with Crippen LogP contribution in [0.3, 0.4) is 0 Å². The molecule has 1 aliphatic heterocycles. The maximum absolute atomic E-state index is 13.1. The first-order valence-corrected chi connectivity index (χ1v) is 9.04. The lowest BCUT2D eigenvalue weighted by Gasteiger charge is -2.37. The van der Waals surface area contributed by atoms with Crippen molar-refractivity contribution >= 4 is 29.9 Å².